The minimum Gasteiger partial charge on any atom is -0.490 e. The van der Waals surface area contributed by atoms with Gasteiger partial charge >= 0.3 is 0 Å². The van der Waals surface area contributed by atoms with Crippen molar-refractivity contribution in [2.75, 3.05) is 33.0 Å². The minimum atomic E-state index is -0.522. The highest BCUT2D eigenvalue weighted by Gasteiger charge is 2.11. The predicted octanol–water partition coefficient (Wildman–Crippen LogP) is 1.63. The summed E-state index contributed by atoms with van der Waals surface area (Å²) in [6.07, 6.45) is 0.878. The Hall–Kier alpha value is -1.42. The highest BCUT2D eigenvalue weighted by Crippen LogP contribution is 2.19. The summed E-state index contributed by atoms with van der Waals surface area (Å²) < 4.78 is 16.2. The first kappa shape index (κ1) is 21.6. The second-order valence-electron chi connectivity index (χ2n) is 5.02. The van der Waals surface area contributed by atoms with Gasteiger partial charge in [0.2, 0.25) is 5.91 Å². The highest BCUT2D eigenvalue weighted by atomic mass is 33.1. The summed E-state index contributed by atoms with van der Waals surface area (Å²) >= 11 is 4.14. The molecule has 25 heavy (non-hydrogen) atoms. The first-order chi connectivity index (χ1) is 12.1. The number of benzene rings is 1. The van der Waals surface area contributed by atoms with Crippen LogP contribution in [-0.2, 0) is 14.3 Å². The summed E-state index contributed by atoms with van der Waals surface area (Å²) in [5.41, 5.74) is 5.19. The maximum atomic E-state index is 11.9. The molecule has 140 valence electrons. The monoisotopic (exact) mass is 388 g/mol. The van der Waals surface area contributed by atoms with E-state index in [1.54, 1.807) is 24.3 Å². The average molecular weight is 389 g/mol. The molecular weight excluding hydrogens is 364 g/mol. The second kappa shape index (κ2) is 12.9. The Morgan fingerprint density at radius 2 is 2.16 bits per heavy atom. The molecule has 1 aromatic rings. The maximum Gasteiger partial charge on any atom is 0.251 e. The molecule has 0 aromatic heterocycles. The van der Waals surface area contributed by atoms with Crippen LogP contribution in [0.2, 0.25) is 0 Å². The van der Waals surface area contributed by atoms with Crippen molar-refractivity contribution in [3.8, 4) is 5.75 Å². The van der Waals surface area contributed by atoms with Crippen LogP contribution in [0.25, 0.3) is 0 Å². The fourth-order valence-electron chi connectivity index (χ4n) is 1.75. The summed E-state index contributed by atoms with van der Waals surface area (Å²) in [6.45, 7) is 3.28. The van der Waals surface area contributed by atoms with E-state index in [0.717, 1.165) is 6.42 Å². The number of nitrogens with one attached hydrogen (secondary N) is 1. The molecule has 0 radical (unpaired) electrons. The number of nitrogens with two attached hydrogens (primary N) is 1. The Bertz CT molecular complexity index is 545. The Morgan fingerprint density at radius 1 is 1.36 bits per heavy atom. The first-order valence-electron chi connectivity index (χ1n) is 7.85. The van der Waals surface area contributed by atoms with Gasteiger partial charge in [-0.05, 0) is 24.6 Å². The summed E-state index contributed by atoms with van der Waals surface area (Å²) in [5.74, 6) is -0.0771. The normalized spacial score (nSPS) is 11.8. The number of ether oxygens (including phenoxy) is 3. The van der Waals surface area contributed by atoms with E-state index in [9.17, 15) is 9.59 Å². The smallest absolute Gasteiger partial charge is 0.251 e. The molecule has 0 aliphatic heterocycles. The lowest BCUT2D eigenvalue weighted by Gasteiger charge is -2.16. The predicted molar refractivity (Wildman–Crippen MR) is 101 cm³/mol. The average Bonchev–Trinajstić information content (AvgIpc) is 2.61. The van der Waals surface area contributed by atoms with Crippen LogP contribution in [0, 0.1) is 0 Å². The molecule has 0 aliphatic rings. The number of primary amides is 1. The van der Waals surface area contributed by atoms with E-state index >= 15 is 0 Å². The molecular formula is C16H24N2O5S2. The number of hydrogen-bond donors (Lipinski definition) is 3. The van der Waals surface area contributed by atoms with Crippen molar-refractivity contribution in [2.24, 2.45) is 5.73 Å². The number of hydrogen-bond acceptors (Lipinski definition) is 7. The third-order valence-electron chi connectivity index (χ3n) is 2.91. The van der Waals surface area contributed by atoms with Crippen LogP contribution < -0.4 is 15.8 Å². The quantitative estimate of drug-likeness (QED) is 0.206. The van der Waals surface area contributed by atoms with Crippen molar-refractivity contribution in [1.82, 2.24) is 5.32 Å². The van der Waals surface area contributed by atoms with Gasteiger partial charge in [0.05, 0.1) is 13.2 Å². The van der Waals surface area contributed by atoms with E-state index in [0.29, 0.717) is 17.9 Å². The number of rotatable bonds is 13. The zero-order chi connectivity index (χ0) is 18.5. The topological polar surface area (TPSA) is 99.9 Å². The number of amides is 2. The van der Waals surface area contributed by atoms with Gasteiger partial charge in [0.15, 0.2) is 0 Å². The van der Waals surface area contributed by atoms with Gasteiger partial charge in [-0.2, -0.15) is 0 Å². The Balaban J connectivity index is 2.39. The number of carbonyl (C=O) groups excluding carboxylic acids is 2. The third kappa shape index (κ3) is 9.59. The molecule has 1 aromatic carbocycles. The van der Waals surface area contributed by atoms with Gasteiger partial charge in [-0.25, -0.2) is 0 Å². The molecule has 0 heterocycles. The lowest BCUT2D eigenvalue weighted by Crippen LogP contribution is -2.24. The lowest BCUT2D eigenvalue weighted by molar-refractivity contribution is -0.123. The van der Waals surface area contributed by atoms with Crippen molar-refractivity contribution >= 4 is 34.3 Å². The van der Waals surface area contributed by atoms with Gasteiger partial charge in [-0.15, -0.1) is 11.7 Å². The molecule has 1 unspecified atom stereocenters. The molecule has 1 atom stereocenters. The van der Waals surface area contributed by atoms with Gasteiger partial charge in [0, 0.05) is 12.1 Å². The van der Waals surface area contributed by atoms with Crippen LogP contribution in [0.3, 0.4) is 0 Å². The number of carbonyl (C=O) groups is 2. The third-order valence-corrected chi connectivity index (χ3v) is 4.12. The van der Waals surface area contributed by atoms with Crippen LogP contribution in [0.5, 0.6) is 5.75 Å². The van der Waals surface area contributed by atoms with Crippen molar-refractivity contribution in [3.63, 3.8) is 0 Å². The van der Waals surface area contributed by atoms with Gasteiger partial charge in [0.25, 0.3) is 5.91 Å². The fraction of sp³-hybridized carbons (Fsp3) is 0.500. The van der Waals surface area contributed by atoms with E-state index < -0.39 is 5.91 Å². The van der Waals surface area contributed by atoms with E-state index in [1.165, 1.54) is 10.8 Å². The van der Waals surface area contributed by atoms with Crippen LogP contribution in [-0.4, -0.2) is 50.2 Å². The molecule has 0 fully saturated rings. The Labute approximate surface area is 156 Å². The summed E-state index contributed by atoms with van der Waals surface area (Å²) in [5, 5.41) is 2.82. The minimum absolute atomic E-state index is 0.129. The summed E-state index contributed by atoms with van der Waals surface area (Å²) in [6, 6.07) is 6.95. The largest absolute Gasteiger partial charge is 0.490 e. The van der Waals surface area contributed by atoms with Crippen molar-refractivity contribution in [2.45, 2.75) is 18.8 Å². The van der Waals surface area contributed by atoms with Crippen molar-refractivity contribution < 1.29 is 23.8 Å². The Kier molecular flexibility index (Phi) is 11.1. The van der Waals surface area contributed by atoms with Gasteiger partial charge in [-0.1, -0.05) is 23.8 Å². The maximum absolute atomic E-state index is 11.9. The molecule has 0 spiro atoms. The van der Waals surface area contributed by atoms with Crippen LogP contribution in [0.1, 0.15) is 23.7 Å². The van der Waals surface area contributed by atoms with Crippen LogP contribution in [0.4, 0.5) is 0 Å². The van der Waals surface area contributed by atoms with E-state index in [-0.39, 0.29) is 37.8 Å². The second-order valence-corrected chi connectivity index (χ2v) is 6.39. The molecule has 2 amide bonds. The van der Waals surface area contributed by atoms with Gasteiger partial charge < -0.3 is 25.3 Å². The molecule has 0 saturated carbocycles. The Morgan fingerprint density at radius 3 is 2.84 bits per heavy atom. The van der Waals surface area contributed by atoms with Gasteiger partial charge in [0.1, 0.15) is 24.4 Å². The van der Waals surface area contributed by atoms with Gasteiger partial charge in [-0.3, -0.25) is 9.59 Å². The van der Waals surface area contributed by atoms with E-state index in [1.807, 2.05) is 6.92 Å². The summed E-state index contributed by atoms with van der Waals surface area (Å²) in [4.78, 5) is 22.5. The zero-order valence-corrected chi connectivity index (χ0v) is 15.8. The van der Waals surface area contributed by atoms with Crippen LogP contribution in [0.15, 0.2) is 24.3 Å². The first-order valence-corrected chi connectivity index (χ1v) is 9.79. The van der Waals surface area contributed by atoms with Crippen LogP contribution >= 0.6 is 22.5 Å². The number of thiol groups is 1. The molecule has 0 bridgehead atoms. The van der Waals surface area contributed by atoms with E-state index in [4.69, 9.17) is 19.9 Å². The molecule has 0 aliphatic carbocycles. The molecule has 9 heteroatoms. The fourth-order valence-corrected chi connectivity index (χ4v) is 2.40. The molecule has 3 N–H and O–H groups in total. The SMILES string of the molecule is CCCNC(=O)c1cccc(OCC(OCCOCC(N)=O)SS)c1. The summed E-state index contributed by atoms with van der Waals surface area (Å²) in [7, 11) is 1.20. The molecule has 0 saturated heterocycles. The van der Waals surface area contributed by atoms with Crippen molar-refractivity contribution in [1.29, 1.82) is 0 Å². The standard InChI is InChI=1S/C16H24N2O5S2/c1-2-6-18-16(20)12-4-3-5-13(9-12)23-11-15(25-24)22-8-7-21-10-14(17)19/h3-5,9,15,24H,2,6-8,10-11H2,1H3,(H2,17,19)(H,18,20). The highest BCUT2D eigenvalue weighted by molar-refractivity contribution is 8.68. The molecule has 1 rings (SSSR count). The lowest BCUT2D eigenvalue weighted by atomic mass is 10.2. The van der Waals surface area contributed by atoms with E-state index in [2.05, 4.69) is 17.0 Å². The molecule has 7 nitrogen and oxygen atoms in total. The zero-order valence-electron chi connectivity index (χ0n) is 14.1. The van der Waals surface area contributed by atoms with Crippen molar-refractivity contribution in [3.05, 3.63) is 29.8 Å².